The highest BCUT2D eigenvalue weighted by Crippen LogP contribution is 2.23. The summed E-state index contributed by atoms with van der Waals surface area (Å²) in [4.78, 5) is 5.52. The number of sulfonamides is 1. The van der Waals surface area contributed by atoms with E-state index in [1.54, 1.807) is 0 Å². The number of alkyl halides is 2. The smallest absolute Gasteiger partial charge is 0.241 e. The van der Waals surface area contributed by atoms with Crippen molar-refractivity contribution in [2.24, 2.45) is 11.1 Å². The Morgan fingerprint density at radius 2 is 2.13 bits per heavy atom. The Labute approximate surface area is 138 Å². The van der Waals surface area contributed by atoms with Crippen molar-refractivity contribution in [2.75, 3.05) is 33.0 Å². The molecule has 0 radical (unpaired) electrons. The number of halogens is 3. The summed E-state index contributed by atoms with van der Waals surface area (Å²) in [6, 6.07) is 2.61. The Balaban J connectivity index is 1.95. The van der Waals surface area contributed by atoms with Crippen LogP contribution in [0.2, 0.25) is 5.15 Å². The molecule has 1 atom stereocenters. The van der Waals surface area contributed by atoms with Crippen LogP contribution in [0.4, 0.5) is 8.78 Å². The molecule has 0 spiro atoms. The first kappa shape index (κ1) is 18.3. The monoisotopic (exact) mass is 369 g/mol. The van der Waals surface area contributed by atoms with Gasteiger partial charge in [-0.25, -0.2) is 18.5 Å². The van der Waals surface area contributed by atoms with Gasteiger partial charge in [-0.2, -0.15) is 0 Å². The summed E-state index contributed by atoms with van der Waals surface area (Å²) < 4.78 is 53.3. The van der Waals surface area contributed by atoms with Gasteiger partial charge in [-0.3, -0.25) is 13.7 Å². The van der Waals surface area contributed by atoms with Crippen molar-refractivity contribution < 1.29 is 21.9 Å². The highest BCUT2D eigenvalue weighted by Gasteiger charge is 2.27. The summed E-state index contributed by atoms with van der Waals surface area (Å²) in [7, 11) is -3.93. The molecule has 2 rings (SSSR count). The molecular weight excluding hydrogens is 352 g/mol. The van der Waals surface area contributed by atoms with Gasteiger partial charge in [-0.1, -0.05) is 11.6 Å². The predicted molar refractivity (Wildman–Crippen MR) is 81.5 cm³/mol. The van der Waals surface area contributed by atoms with Crippen LogP contribution >= 0.6 is 11.6 Å². The lowest BCUT2D eigenvalue weighted by Crippen LogP contribution is -2.31. The number of aromatic nitrogens is 1. The first-order valence-electron chi connectivity index (χ1n) is 7.03. The highest BCUT2D eigenvalue weighted by atomic mass is 35.5. The number of nitrogens with zero attached hydrogens (tertiary/aromatic N) is 2. The molecule has 1 aromatic rings. The standard InChI is InChI=1S/C13H18ClF2N3O3S/c14-13-11(23(17,20)21)1-2-12(18-13)22-10-3-4-19(8-10)7-9(5-15)6-16/h1-2,9-10H,3-8H2,(H2,17,20,21)/t10-/m1/s1. The van der Waals surface area contributed by atoms with Crippen molar-refractivity contribution in [1.82, 2.24) is 9.88 Å². The topological polar surface area (TPSA) is 85.5 Å². The van der Waals surface area contributed by atoms with E-state index in [2.05, 4.69) is 4.98 Å². The summed E-state index contributed by atoms with van der Waals surface area (Å²) in [5.74, 6) is -0.433. The molecule has 2 heterocycles. The highest BCUT2D eigenvalue weighted by molar-refractivity contribution is 7.89. The Bertz CT molecular complexity index is 643. The van der Waals surface area contributed by atoms with Gasteiger partial charge in [0.15, 0.2) is 5.15 Å². The van der Waals surface area contributed by atoms with Crippen molar-refractivity contribution in [3.63, 3.8) is 0 Å². The molecule has 130 valence electrons. The summed E-state index contributed by atoms with van der Waals surface area (Å²) in [5.41, 5.74) is 0. The molecule has 2 N–H and O–H groups in total. The van der Waals surface area contributed by atoms with Crippen molar-refractivity contribution >= 4 is 21.6 Å². The first-order valence-corrected chi connectivity index (χ1v) is 8.96. The molecule has 1 aliphatic heterocycles. The second kappa shape index (κ2) is 7.69. The van der Waals surface area contributed by atoms with Gasteiger partial charge in [0.25, 0.3) is 0 Å². The number of ether oxygens (including phenoxy) is 1. The third kappa shape index (κ3) is 4.97. The number of pyridine rings is 1. The molecular formula is C13H18ClF2N3O3S. The minimum Gasteiger partial charge on any atom is -0.473 e. The van der Waals surface area contributed by atoms with Crippen LogP contribution in [-0.4, -0.2) is 57.4 Å². The van der Waals surface area contributed by atoms with Gasteiger partial charge in [0.1, 0.15) is 11.0 Å². The van der Waals surface area contributed by atoms with E-state index in [1.165, 1.54) is 12.1 Å². The summed E-state index contributed by atoms with van der Waals surface area (Å²) in [5, 5.41) is 4.75. The fraction of sp³-hybridized carbons (Fsp3) is 0.615. The van der Waals surface area contributed by atoms with Crippen LogP contribution in [0, 0.1) is 5.92 Å². The molecule has 1 saturated heterocycles. The minimum absolute atomic E-state index is 0.182. The van der Waals surface area contributed by atoms with Gasteiger partial charge >= 0.3 is 0 Å². The van der Waals surface area contributed by atoms with Crippen LogP contribution in [-0.2, 0) is 10.0 Å². The van der Waals surface area contributed by atoms with Crippen LogP contribution in [0.25, 0.3) is 0 Å². The van der Waals surface area contributed by atoms with E-state index in [0.717, 1.165) is 0 Å². The zero-order valence-electron chi connectivity index (χ0n) is 12.3. The Kier molecular flexibility index (Phi) is 6.12. The molecule has 0 bridgehead atoms. The van der Waals surface area contributed by atoms with Gasteiger partial charge in [0, 0.05) is 31.6 Å². The molecule has 0 aromatic carbocycles. The summed E-state index contributed by atoms with van der Waals surface area (Å²) in [6.07, 6.45) is 0.486. The van der Waals surface area contributed by atoms with Crippen molar-refractivity contribution in [3.05, 3.63) is 17.3 Å². The molecule has 1 fully saturated rings. The Morgan fingerprint density at radius 3 is 2.70 bits per heavy atom. The Morgan fingerprint density at radius 1 is 1.43 bits per heavy atom. The van der Waals surface area contributed by atoms with Crippen molar-refractivity contribution in [3.8, 4) is 5.88 Å². The van der Waals surface area contributed by atoms with Crippen molar-refractivity contribution in [1.29, 1.82) is 0 Å². The van der Waals surface area contributed by atoms with E-state index < -0.39 is 29.3 Å². The molecule has 0 aliphatic carbocycles. The maximum Gasteiger partial charge on any atom is 0.241 e. The van der Waals surface area contributed by atoms with Crippen LogP contribution in [0.5, 0.6) is 5.88 Å². The lowest BCUT2D eigenvalue weighted by Gasteiger charge is -2.19. The number of rotatable bonds is 7. The first-order chi connectivity index (χ1) is 10.8. The number of primary sulfonamides is 1. The number of hydrogen-bond acceptors (Lipinski definition) is 5. The predicted octanol–water partition coefficient (Wildman–Crippen LogP) is 1.39. The Hall–Kier alpha value is -1.03. The maximum absolute atomic E-state index is 12.6. The molecule has 0 amide bonds. The number of likely N-dealkylation sites (tertiary alicyclic amines) is 1. The van der Waals surface area contributed by atoms with Crippen LogP contribution in [0.15, 0.2) is 17.0 Å². The van der Waals surface area contributed by atoms with E-state index in [-0.39, 0.29) is 22.0 Å². The molecule has 0 saturated carbocycles. The minimum atomic E-state index is -3.93. The second-order valence-corrected chi connectivity index (χ2v) is 7.33. The van der Waals surface area contributed by atoms with E-state index in [1.807, 2.05) is 4.90 Å². The van der Waals surface area contributed by atoms with Crippen molar-refractivity contribution in [2.45, 2.75) is 17.4 Å². The maximum atomic E-state index is 12.6. The van der Waals surface area contributed by atoms with Gasteiger partial charge in [0.05, 0.1) is 13.3 Å². The molecule has 23 heavy (non-hydrogen) atoms. The average molecular weight is 370 g/mol. The van der Waals surface area contributed by atoms with Gasteiger partial charge < -0.3 is 4.74 Å². The molecule has 1 aliphatic rings. The summed E-state index contributed by atoms with van der Waals surface area (Å²) >= 11 is 5.79. The van der Waals surface area contributed by atoms with E-state index in [9.17, 15) is 17.2 Å². The fourth-order valence-corrected chi connectivity index (χ4v) is 3.42. The third-order valence-corrected chi connectivity index (χ3v) is 4.91. The molecule has 6 nitrogen and oxygen atoms in total. The van der Waals surface area contributed by atoms with E-state index >= 15 is 0 Å². The SMILES string of the molecule is NS(=O)(=O)c1ccc(O[C@@H]2CCN(CC(CF)CF)C2)nc1Cl. The van der Waals surface area contributed by atoms with Gasteiger partial charge in [-0.15, -0.1) is 0 Å². The fourth-order valence-electron chi connectivity index (χ4n) is 2.42. The quantitative estimate of drug-likeness (QED) is 0.734. The normalized spacial score (nSPS) is 19.4. The molecule has 10 heteroatoms. The molecule has 0 unspecified atom stereocenters. The van der Waals surface area contributed by atoms with Crippen LogP contribution < -0.4 is 9.88 Å². The third-order valence-electron chi connectivity index (χ3n) is 3.56. The average Bonchev–Trinajstić information content (AvgIpc) is 2.90. The zero-order valence-corrected chi connectivity index (χ0v) is 13.9. The van der Waals surface area contributed by atoms with E-state index in [4.69, 9.17) is 21.5 Å². The second-order valence-electron chi connectivity index (χ2n) is 5.45. The number of nitrogens with two attached hydrogens (primary N) is 1. The van der Waals surface area contributed by atoms with E-state index in [0.29, 0.717) is 26.1 Å². The van der Waals surface area contributed by atoms with Crippen LogP contribution in [0.3, 0.4) is 0 Å². The van der Waals surface area contributed by atoms with Gasteiger partial charge in [-0.05, 0) is 12.5 Å². The zero-order chi connectivity index (χ0) is 17.0. The summed E-state index contributed by atoms with van der Waals surface area (Å²) in [6.45, 7) is 0.151. The lowest BCUT2D eigenvalue weighted by molar-refractivity contribution is 0.169. The largest absolute Gasteiger partial charge is 0.473 e. The van der Waals surface area contributed by atoms with Gasteiger partial charge in [0.2, 0.25) is 15.9 Å². The number of hydrogen-bond donors (Lipinski definition) is 1. The van der Waals surface area contributed by atoms with Crippen LogP contribution in [0.1, 0.15) is 6.42 Å². The lowest BCUT2D eigenvalue weighted by atomic mass is 10.2. The molecule has 1 aromatic heterocycles.